The second-order valence-electron chi connectivity index (χ2n) is 3.90. The molecule has 0 bridgehead atoms. The molecular formula is C14H8F4O2. The Bertz CT molecular complexity index is 635. The first-order valence-electron chi connectivity index (χ1n) is 5.50. The smallest absolute Gasteiger partial charge is 0.405 e. The van der Waals surface area contributed by atoms with E-state index in [1.807, 2.05) is 0 Å². The van der Waals surface area contributed by atoms with E-state index in [0.717, 1.165) is 12.1 Å². The van der Waals surface area contributed by atoms with Crippen LogP contribution in [0, 0.1) is 5.82 Å². The molecule has 6 heteroatoms. The molecule has 0 saturated carbocycles. The van der Waals surface area contributed by atoms with Crippen molar-refractivity contribution in [1.82, 2.24) is 0 Å². The molecule has 104 valence electrons. The first kappa shape index (κ1) is 14.0. The van der Waals surface area contributed by atoms with E-state index in [4.69, 9.17) is 0 Å². The third kappa shape index (κ3) is 3.14. The summed E-state index contributed by atoms with van der Waals surface area (Å²) in [6, 6.07) is 9.11. The molecule has 0 N–H and O–H groups in total. The molecule has 20 heavy (non-hydrogen) atoms. The van der Waals surface area contributed by atoms with E-state index in [1.165, 1.54) is 24.3 Å². The lowest BCUT2D eigenvalue weighted by Gasteiger charge is -2.12. The van der Waals surface area contributed by atoms with Gasteiger partial charge in [0.25, 0.3) is 0 Å². The Labute approximate surface area is 111 Å². The van der Waals surface area contributed by atoms with Gasteiger partial charge in [-0.05, 0) is 23.8 Å². The molecule has 0 heterocycles. The fourth-order valence-corrected chi connectivity index (χ4v) is 1.71. The van der Waals surface area contributed by atoms with E-state index >= 15 is 0 Å². The van der Waals surface area contributed by atoms with E-state index < -0.39 is 17.9 Å². The zero-order chi connectivity index (χ0) is 14.8. The number of benzene rings is 2. The predicted molar refractivity (Wildman–Crippen MR) is 63.9 cm³/mol. The lowest BCUT2D eigenvalue weighted by atomic mass is 10.0. The van der Waals surface area contributed by atoms with Crippen molar-refractivity contribution in [3.05, 3.63) is 53.8 Å². The van der Waals surface area contributed by atoms with Crippen LogP contribution in [0.4, 0.5) is 17.6 Å². The quantitative estimate of drug-likeness (QED) is 0.623. The second kappa shape index (κ2) is 5.32. The monoisotopic (exact) mass is 284 g/mol. The molecule has 2 aromatic rings. The number of ether oxygens (including phenoxy) is 1. The van der Waals surface area contributed by atoms with Crippen LogP contribution in [0.1, 0.15) is 10.4 Å². The van der Waals surface area contributed by atoms with Gasteiger partial charge in [0, 0.05) is 5.56 Å². The molecule has 2 nitrogen and oxygen atoms in total. The van der Waals surface area contributed by atoms with Crippen LogP contribution >= 0.6 is 0 Å². The van der Waals surface area contributed by atoms with E-state index in [9.17, 15) is 22.4 Å². The van der Waals surface area contributed by atoms with Gasteiger partial charge in [-0.2, -0.15) is 0 Å². The molecule has 0 saturated heterocycles. The molecule has 0 unspecified atom stereocenters. The van der Waals surface area contributed by atoms with Crippen molar-refractivity contribution in [1.29, 1.82) is 0 Å². The van der Waals surface area contributed by atoms with Crippen molar-refractivity contribution >= 4 is 6.29 Å². The number of rotatable bonds is 3. The summed E-state index contributed by atoms with van der Waals surface area (Å²) in [5.41, 5.74) is 0.0485. The van der Waals surface area contributed by atoms with Gasteiger partial charge in [-0.25, -0.2) is 4.39 Å². The maximum atomic E-state index is 13.6. The van der Waals surface area contributed by atoms with E-state index in [0.29, 0.717) is 0 Å². The molecular weight excluding hydrogens is 276 g/mol. The van der Waals surface area contributed by atoms with Gasteiger partial charge in [0.1, 0.15) is 11.6 Å². The molecule has 0 aliphatic rings. The largest absolute Gasteiger partial charge is 0.573 e. The summed E-state index contributed by atoms with van der Waals surface area (Å²) in [4.78, 5) is 10.7. The van der Waals surface area contributed by atoms with E-state index in [2.05, 4.69) is 4.74 Å². The van der Waals surface area contributed by atoms with Crippen LogP contribution in [0.3, 0.4) is 0 Å². The van der Waals surface area contributed by atoms with Crippen molar-refractivity contribution in [3.63, 3.8) is 0 Å². The Morgan fingerprint density at radius 1 is 1.05 bits per heavy atom. The highest BCUT2D eigenvalue weighted by atomic mass is 19.4. The second-order valence-corrected chi connectivity index (χ2v) is 3.90. The number of halogens is 4. The molecule has 0 aliphatic carbocycles. The van der Waals surface area contributed by atoms with Crippen LogP contribution in [0.25, 0.3) is 11.1 Å². The minimum Gasteiger partial charge on any atom is -0.405 e. The summed E-state index contributed by atoms with van der Waals surface area (Å²) in [5.74, 6) is -1.24. The van der Waals surface area contributed by atoms with Crippen molar-refractivity contribution in [2.24, 2.45) is 0 Å². The van der Waals surface area contributed by atoms with Gasteiger partial charge in [-0.3, -0.25) is 4.79 Å². The maximum absolute atomic E-state index is 13.6. The van der Waals surface area contributed by atoms with Crippen molar-refractivity contribution < 1.29 is 27.1 Å². The average Bonchev–Trinajstić information content (AvgIpc) is 2.37. The van der Waals surface area contributed by atoms with Crippen LogP contribution in [-0.4, -0.2) is 12.6 Å². The summed E-state index contributed by atoms with van der Waals surface area (Å²) in [5, 5.41) is 0. The topological polar surface area (TPSA) is 26.3 Å². The molecule has 2 rings (SSSR count). The van der Waals surface area contributed by atoms with Crippen LogP contribution in [-0.2, 0) is 0 Å². The first-order valence-corrected chi connectivity index (χ1v) is 5.50. The summed E-state index contributed by atoms with van der Waals surface area (Å²) in [6.07, 6.45) is -4.68. The number of alkyl halides is 3. The number of carbonyl (C=O) groups excluding carboxylic acids is 1. The van der Waals surface area contributed by atoms with Crippen LogP contribution in [0.15, 0.2) is 42.5 Å². The lowest BCUT2D eigenvalue weighted by molar-refractivity contribution is -0.274. The zero-order valence-corrected chi connectivity index (χ0v) is 9.95. The van der Waals surface area contributed by atoms with E-state index in [-0.39, 0.29) is 23.0 Å². The number of hydrogen-bond donors (Lipinski definition) is 0. The molecule has 2 aromatic carbocycles. The number of hydrogen-bond acceptors (Lipinski definition) is 2. The van der Waals surface area contributed by atoms with Crippen LogP contribution < -0.4 is 4.74 Å². The lowest BCUT2D eigenvalue weighted by Crippen LogP contribution is -2.18. The molecule has 0 aliphatic heterocycles. The highest BCUT2D eigenvalue weighted by molar-refractivity contribution is 5.82. The van der Waals surface area contributed by atoms with Crippen molar-refractivity contribution in [2.75, 3.05) is 0 Å². The fraction of sp³-hybridized carbons (Fsp3) is 0.0714. The van der Waals surface area contributed by atoms with Gasteiger partial charge >= 0.3 is 6.36 Å². The van der Waals surface area contributed by atoms with Gasteiger partial charge in [-0.1, -0.05) is 24.3 Å². The number of carbonyl (C=O) groups is 1. The van der Waals surface area contributed by atoms with Gasteiger partial charge in [0.05, 0.1) is 5.56 Å². The average molecular weight is 284 g/mol. The zero-order valence-electron chi connectivity index (χ0n) is 9.95. The molecule has 0 fully saturated rings. The standard InChI is InChI=1S/C14H8F4O2/c15-12-4-2-1-3-11(12)9-5-6-10(8-19)13(7-9)20-14(16,17)18/h1-8H. The van der Waals surface area contributed by atoms with Gasteiger partial charge < -0.3 is 4.74 Å². The Hall–Kier alpha value is -2.37. The summed E-state index contributed by atoms with van der Waals surface area (Å²) in [6.45, 7) is 0. The normalized spacial score (nSPS) is 11.2. The van der Waals surface area contributed by atoms with E-state index in [1.54, 1.807) is 6.07 Å². The van der Waals surface area contributed by atoms with Gasteiger partial charge in [0.15, 0.2) is 6.29 Å². The number of aldehydes is 1. The highest BCUT2D eigenvalue weighted by Crippen LogP contribution is 2.31. The summed E-state index contributed by atoms with van der Waals surface area (Å²) >= 11 is 0. The predicted octanol–water partition coefficient (Wildman–Crippen LogP) is 4.20. The van der Waals surface area contributed by atoms with Gasteiger partial charge in [0.2, 0.25) is 0 Å². The Morgan fingerprint density at radius 3 is 2.35 bits per heavy atom. The highest BCUT2D eigenvalue weighted by Gasteiger charge is 2.32. The Kier molecular flexibility index (Phi) is 3.74. The maximum Gasteiger partial charge on any atom is 0.573 e. The molecule has 0 radical (unpaired) electrons. The SMILES string of the molecule is O=Cc1ccc(-c2ccccc2F)cc1OC(F)(F)F. The summed E-state index contributed by atoms with van der Waals surface area (Å²) in [7, 11) is 0. The van der Waals surface area contributed by atoms with Gasteiger partial charge in [-0.15, -0.1) is 13.2 Å². The van der Waals surface area contributed by atoms with Crippen LogP contribution in [0.2, 0.25) is 0 Å². The Balaban J connectivity index is 2.50. The molecule has 0 spiro atoms. The molecule has 0 aromatic heterocycles. The molecule has 0 amide bonds. The minimum absolute atomic E-state index is 0.122. The first-order chi connectivity index (χ1) is 9.40. The van der Waals surface area contributed by atoms with Crippen molar-refractivity contribution in [2.45, 2.75) is 6.36 Å². The molecule has 0 atom stereocenters. The third-order valence-electron chi connectivity index (χ3n) is 2.55. The fourth-order valence-electron chi connectivity index (χ4n) is 1.71. The summed E-state index contributed by atoms with van der Waals surface area (Å²) < 4.78 is 54.1. The van der Waals surface area contributed by atoms with Crippen LogP contribution in [0.5, 0.6) is 5.75 Å². The van der Waals surface area contributed by atoms with Crippen molar-refractivity contribution in [3.8, 4) is 16.9 Å². The Morgan fingerprint density at radius 2 is 1.75 bits per heavy atom. The minimum atomic E-state index is -4.92. The third-order valence-corrected chi connectivity index (χ3v) is 2.55.